The molecule has 2 rings (SSSR count). The summed E-state index contributed by atoms with van der Waals surface area (Å²) in [5.41, 5.74) is 0. The molecule has 2 fully saturated rings. The van der Waals surface area contributed by atoms with Crippen molar-refractivity contribution in [3.63, 3.8) is 0 Å². The summed E-state index contributed by atoms with van der Waals surface area (Å²) in [5.74, 6) is 0.822. The Labute approximate surface area is 99.2 Å². The predicted octanol–water partition coefficient (Wildman–Crippen LogP) is 0.937. The van der Waals surface area contributed by atoms with E-state index in [0.29, 0.717) is 13.1 Å². The van der Waals surface area contributed by atoms with Gasteiger partial charge in [0.05, 0.1) is 0 Å². The second-order valence-electron chi connectivity index (χ2n) is 5.10. The van der Waals surface area contributed by atoms with Gasteiger partial charge in [-0.25, -0.2) is 0 Å². The lowest BCUT2D eigenvalue weighted by atomic mass is 10.2. The average molecular weight is 252 g/mol. The zero-order valence-electron chi connectivity index (χ0n) is 9.79. The molecule has 1 saturated heterocycles. The van der Waals surface area contributed by atoms with E-state index in [0.717, 1.165) is 25.6 Å². The SMILES string of the molecule is OC(CN1CCN(CC2CC2)CC1)C(F)(F)F. The van der Waals surface area contributed by atoms with Gasteiger partial charge >= 0.3 is 6.18 Å². The highest BCUT2D eigenvalue weighted by Crippen LogP contribution is 2.30. The summed E-state index contributed by atoms with van der Waals surface area (Å²) in [6, 6.07) is 0. The van der Waals surface area contributed by atoms with Crippen LogP contribution in [0.2, 0.25) is 0 Å². The van der Waals surface area contributed by atoms with Gasteiger partial charge in [-0.2, -0.15) is 13.2 Å². The van der Waals surface area contributed by atoms with Crippen molar-refractivity contribution in [2.45, 2.75) is 25.1 Å². The van der Waals surface area contributed by atoms with E-state index in [-0.39, 0.29) is 6.54 Å². The maximum Gasteiger partial charge on any atom is 0.415 e. The normalized spacial score (nSPS) is 26.1. The van der Waals surface area contributed by atoms with Gasteiger partial charge in [0.1, 0.15) is 0 Å². The Bertz CT molecular complexity index is 248. The number of aliphatic hydroxyl groups excluding tert-OH is 1. The fourth-order valence-corrected chi connectivity index (χ4v) is 2.17. The van der Waals surface area contributed by atoms with Crippen LogP contribution in [0.3, 0.4) is 0 Å². The van der Waals surface area contributed by atoms with Gasteiger partial charge < -0.3 is 10.0 Å². The molecule has 1 unspecified atom stereocenters. The van der Waals surface area contributed by atoms with Crippen LogP contribution < -0.4 is 0 Å². The molecular weight excluding hydrogens is 233 g/mol. The zero-order chi connectivity index (χ0) is 12.5. The maximum absolute atomic E-state index is 12.2. The highest BCUT2D eigenvalue weighted by Gasteiger charge is 2.39. The quantitative estimate of drug-likeness (QED) is 0.806. The van der Waals surface area contributed by atoms with E-state index in [2.05, 4.69) is 4.90 Å². The summed E-state index contributed by atoms with van der Waals surface area (Å²) in [5, 5.41) is 8.98. The molecule has 3 nitrogen and oxygen atoms in total. The van der Waals surface area contributed by atoms with Crippen LogP contribution in [0.25, 0.3) is 0 Å². The van der Waals surface area contributed by atoms with Crippen molar-refractivity contribution < 1.29 is 18.3 Å². The molecule has 1 N–H and O–H groups in total. The summed E-state index contributed by atoms with van der Waals surface area (Å²) in [7, 11) is 0. The van der Waals surface area contributed by atoms with Crippen LogP contribution in [0.4, 0.5) is 13.2 Å². The fourth-order valence-electron chi connectivity index (χ4n) is 2.17. The molecule has 1 aliphatic carbocycles. The molecule has 0 bridgehead atoms. The zero-order valence-corrected chi connectivity index (χ0v) is 9.79. The van der Waals surface area contributed by atoms with Crippen LogP contribution in [0.15, 0.2) is 0 Å². The Hall–Kier alpha value is -0.330. The lowest BCUT2D eigenvalue weighted by Crippen LogP contribution is -2.51. The van der Waals surface area contributed by atoms with Gasteiger partial charge in [0, 0.05) is 39.3 Å². The van der Waals surface area contributed by atoms with E-state index in [1.807, 2.05) is 0 Å². The molecule has 2 aliphatic rings. The lowest BCUT2D eigenvalue weighted by molar-refractivity contribution is -0.208. The van der Waals surface area contributed by atoms with Crippen LogP contribution in [0.5, 0.6) is 0 Å². The predicted molar refractivity (Wildman–Crippen MR) is 57.7 cm³/mol. The molecule has 6 heteroatoms. The first-order chi connectivity index (χ1) is 7.95. The average Bonchev–Trinajstić information content (AvgIpc) is 3.03. The van der Waals surface area contributed by atoms with Crippen LogP contribution in [-0.4, -0.2) is 66.5 Å². The molecule has 1 atom stereocenters. The van der Waals surface area contributed by atoms with Crippen LogP contribution in [0.1, 0.15) is 12.8 Å². The molecule has 1 aliphatic heterocycles. The molecular formula is C11H19F3N2O. The van der Waals surface area contributed by atoms with Gasteiger partial charge in [0.15, 0.2) is 6.10 Å². The summed E-state index contributed by atoms with van der Waals surface area (Å²) in [6.45, 7) is 3.69. The van der Waals surface area contributed by atoms with E-state index >= 15 is 0 Å². The van der Waals surface area contributed by atoms with Crippen molar-refractivity contribution in [1.29, 1.82) is 0 Å². The molecule has 1 saturated carbocycles. The third-order valence-corrected chi connectivity index (χ3v) is 3.49. The van der Waals surface area contributed by atoms with Crippen molar-refractivity contribution >= 4 is 0 Å². The summed E-state index contributed by atoms with van der Waals surface area (Å²) in [6.07, 6.45) is -4.11. The number of hydrogen-bond acceptors (Lipinski definition) is 3. The molecule has 17 heavy (non-hydrogen) atoms. The monoisotopic (exact) mass is 252 g/mol. The van der Waals surface area contributed by atoms with Crippen molar-refractivity contribution in [1.82, 2.24) is 9.80 Å². The number of aliphatic hydroxyl groups is 1. The van der Waals surface area contributed by atoms with Gasteiger partial charge in [-0.1, -0.05) is 0 Å². The summed E-state index contributed by atoms with van der Waals surface area (Å²) < 4.78 is 36.5. The van der Waals surface area contributed by atoms with Gasteiger partial charge in [-0.15, -0.1) is 0 Å². The topological polar surface area (TPSA) is 26.7 Å². The number of halogens is 3. The van der Waals surface area contributed by atoms with E-state index in [1.165, 1.54) is 12.8 Å². The first kappa shape index (κ1) is 13.1. The molecule has 0 amide bonds. The van der Waals surface area contributed by atoms with E-state index < -0.39 is 12.3 Å². The standard InChI is InChI=1S/C11H19F3N2O/c12-11(13,14)10(17)8-16-5-3-15(4-6-16)7-9-1-2-9/h9-10,17H,1-8H2. The molecule has 0 radical (unpaired) electrons. The largest absolute Gasteiger partial charge is 0.415 e. The first-order valence-electron chi connectivity index (χ1n) is 6.14. The number of nitrogens with zero attached hydrogens (tertiary/aromatic N) is 2. The molecule has 0 aromatic heterocycles. The molecule has 0 aromatic rings. The van der Waals surface area contributed by atoms with Crippen LogP contribution >= 0.6 is 0 Å². The number of alkyl halides is 3. The van der Waals surface area contributed by atoms with Crippen molar-refractivity contribution in [3.05, 3.63) is 0 Å². The third-order valence-electron chi connectivity index (χ3n) is 3.49. The minimum atomic E-state index is -4.49. The number of rotatable bonds is 4. The van der Waals surface area contributed by atoms with Crippen molar-refractivity contribution in [3.8, 4) is 0 Å². The Kier molecular flexibility index (Phi) is 3.95. The number of hydrogen-bond donors (Lipinski definition) is 1. The number of piperazine rings is 1. The fraction of sp³-hybridized carbons (Fsp3) is 1.00. The van der Waals surface area contributed by atoms with Crippen molar-refractivity contribution in [2.75, 3.05) is 39.3 Å². The van der Waals surface area contributed by atoms with Crippen LogP contribution in [0, 0.1) is 5.92 Å². The first-order valence-corrected chi connectivity index (χ1v) is 6.14. The maximum atomic E-state index is 12.2. The van der Waals surface area contributed by atoms with E-state index in [9.17, 15) is 13.2 Å². The van der Waals surface area contributed by atoms with Crippen LogP contribution in [-0.2, 0) is 0 Å². The lowest BCUT2D eigenvalue weighted by Gasteiger charge is -2.35. The van der Waals surface area contributed by atoms with E-state index in [1.54, 1.807) is 4.90 Å². The smallest absolute Gasteiger partial charge is 0.382 e. The van der Waals surface area contributed by atoms with Gasteiger partial charge in [-0.3, -0.25) is 4.90 Å². The minimum absolute atomic E-state index is 0.291. The Morgan fingerprint density at radius 1 is 1.06 bits per heavy atom. The Morgan fingerprint density at radius 2 is 1.59 bits per heavy atom. The molecule has 0 spiro atoms. The van der Waals surface area contributed by atoms with Crippen molar-refractivity contribution in [2.24, 2.45) is 5.92 Å². The molecule has 1 heterocycles. The second-order valence-corrected chi connectivity index (χ2v) is 5.10. The molecule has 100 valence electrons. The van der Waals surface area contributed by atoms with Gasteiger partial charge in [-0.05, 0) is 18.8 Å². The third kappa shape index (κ3) is 4.12. The highest BCUT2D eigenvalue weighted by atomic mass is 19.4. The summed E-state index contributed by atoms with van der Waals surface area (Å²) >= 11 is 0. The Balaban J connectivity index is 1.67. The Morgan fingerprint density at radius 3 is 2.06 bits per heavy atom. The highest BCUT2D eigenvalue weighted by molar-refractivity contribution is 4.81. The molecule has 0 aromatic carbocycles. The van der Waals surface area contributed by atoms with Gasteiger partial charge in [0.25, 0.3) is 0 Å². The number of β-amino-alcohol motifs (C(OH)–C–C–N with tert-alkyl or cyclic N) is 1. The minimum Gasteiger partial charge on any atom is -0.382 e. The van der Waals surface area contributed by atoms with Gasteiger partial charge in [0.2, 0.25) is 0 Å². The second kappa shape index (κ2) is 5.12. The summed E-state index contributed by atoms with van der Waals surface area (Å²) in [4.78, 5) is 4.01. The van der Waals surface area contributed by atoms with E-state index in [4.69, 9.17) is 5.11 Å².